The van der Waals surface area contributed by atoms with Crippen molar-refractivity contribution in [2.75, 3.05) is 26.2 Å². The molecule has 1 fully saturated rings. The summed E-state index contributed by atoms with van der Waals surface area (Å²) < 4.78 is 0. The van der Waals surface area contributed by atoms with Gasteiger partial charge in [0.15, 0.2) is 0 Å². The molecule has 0 bridgehead atoms. The lowest BCUT2D eigenvalue weighted by molar-refractivity contribution is -0.134. The lowest BCUT2D eigenvalue weighted by atomic mass is 9.97. The number of hydrogen-bond acceptors (Lipinski definition) is 3. The van der Waals surface area contributed by atoms with E-state index in [0.717, 1.165) is 19.4 Å². The standard InChI is InChI=1S/C12H22N2O3/c1-9(8-15)6-13-12(17)11-4-3-5-14(7-11)10(2)16/h9,11,15H,3-8H2,1-2H3,(H,13,17). The van der Waals surface area contributed by atoms with Crippen molar-refractivity contribution in [3.63, 3.8) is 0 Å². The molecule has 2 unspecified atom stereocenters. The number of rotatable bonds is 4. The van der Waals surface area contributed by atoms with Crippen molar-refractivity contribution in [2.24, 2.45) is 11.8 Å². The summed E-state index contributed by atoms with van der Waals surface area (Å²) in [5.41, 5.74) is 0. The molecule has 1 saturated heterocycles. The van der Waals surface area contributed by atoms with Gasteiger partial charge in [-0.1, -0.05) is 6.92 Å². The van der Waals surface area contributed by atoms with Crippen LogP contribution in [0.15, 0.2) is 0 Å². The van der Waals surface area contributed by atoms with Gasteiger partial charge in [-0.05, 0) is 18.8 Å². The fourth-order valence-electron chi connectivity index (χ4n) is 1.96. The first kappa shape index (κ1) is 14.0. The predicted octanol–water partition coefficient (Wildman–Crippen LogP) is -0.0105. The van der Waals surface area contributed by atoms with Crippen LogP contribution in [0.3, 0.4) is 0 Å². The van der Waals surface area contributed by atoms with E-state index in [-0.39, 0.29) is 30.3 Å². The minimum atomic E-state index is -0.0986. The van der Waals surface area contributed by atoms with Crippen molar-refractivity contribution >= 4 is 11.8 Å². The molecule has 1 rings (SSSR count). The summed E-state index contributed by atoms with van der Waals surface area (Å²) in [7, 11) is 0. The SMILES string of the molecule is CC(=O)N1CCCC(C(=O)NCC(C)CO)C1. The molecule has 98 valence electrons. The van der Waals surface area contributed by atoms with Crippen molar-refractivity contribution in [1.82, 2.24) is 10.2 Å². The second-order valence-electron chi connectivity index (χ2n) is 4.84. The Bertz CT molecular complexity index is 281. The van der Waals surface area contributed by atoms with Gasteiger partial charge < -0.3 is 15.3 Å². The highest BCUT2D eigenvalue weighted by atomic mass is 16.3. The van der Waals surface area contributed by atoms with E-state index in [0.29, 0.717) is 13.1 Å². The van der Waals surface area contributed by atoms with Crippen molar-refractivity contribution in [3.8, 4) is 0 Å². The summed E-state index contributed by atoms with van der Waals surface area (Å²) in [6.07, 6.45) is 1.72. The van der Waals surface area contributed by atoms with Crippen LogP contribution in [0.2, 0.25) is 0 Å². The maximum absolute atomic E-state index is 11.9. The summed E-state index contributed by atoms with van der Waals surface area (Å²) >= 11 is 0. The van der Waals surface area contributed by atoms with Crippen LogP contribution in [-0.2, 0) is 9.59 Å². The van der Waals surface area contributed by atoms with E-state index >= 15 is 0 Å². The molecule has 2 amide bonds. The molecule has 2 N–H and O–H groups in total. The number of piperidine rings is 1. The Labute approximate surface area is 102 Å². The van der Waals surface area contributed by atoms with E-state index in [1.54, 1.807) is 4.90 Å². The van der Waals surface area contributed by atoms with Crippen LogP contribution >= 0.6 is 0 Å². The van der Waals surface area contributed by atoms with E-state index < -0.39 is 0 Å². The third-order valence-electron chi connectivity index (χ3n) is 3.17. The normalized spacial score (nSPS) is 22.1. The fourth-order valence-corrected chi connectivity index (χ4v) is 1.96. The molecule has 1 heterocycles. The van der Waals surface area contributed by atoms with Gasteiger partial charge in [0.05, 0.1) is 5.92 Å². The Morgan fingerprint density at radius 2 is 2.24 bits per heavy atom. The quantitative estimate of drug-likeness (QED) is 0.728. The second-order valence-corrected chi connectivity index (χ2v) is 4.84. The highest BCUT2D eigenvalue weighted by molar-refractivity contribution is 5.80. The van der Waals surface area contributed by atoms with E-state index in [9.17, 15) is 9.59 Å². The molecule has 2 atom stereocenters. The minimum Gasteiger partial charge on any atom is -0.396 e. The van der Waals surface area contributed by atoms with Gasteiger partial charge in [0.25, 0.3) is 0 Å². The zero-order chi connectivity index (χ0) is 12.8. The van der Waals surface area contributed by atoms with Gasteiger partial charge >= 0.3 is 0 Å². The van der Waals surface area contributed by atoms with Gasteiger partial charge in [-0.2, -0.15) is 0 Å². The average Bonchev–Trinajstić information content (AvgIpc) is 2.35. The summed E-state index contributed by atoms with van der Waals surface area (Å²) in [6.45, 7) is 5.26. The van der Waals surface area contributed by atoms with Crippen LogP contribution in [-0.4, -0.2) is 48.1 Å². The minimum absolute atomic E-state index is 0.00347. The van der Waals surface area contributed by atoms with Gasteiger partial charge in [-0.15, -0.1) is 0 Å². The summed E-state index contributed by atoms with van der Waals surface area (Å²) in [5, 5.41) is 11.7. The van der Waals surface area contributed by atoms with Crippen LogP contribution < -0.4 is 5.32 Å². The molecule has 17 heavy (non-hydrogen) atoms. The van der Waals surface area contributed by atoms with Crippen LogP contribution in [0.1, 0.15) is 26.7 Å². The zero-order valence-electron chi connectivity index (χ0n) is 10.6. The Kier molecular flexibility index (Phi) is 5.41. The van der Waals surface area contributed by atoms with Crippen molar-refractivity contribution in [1.29, 1.82) is 0 Å². The molecule has 0 radical (unpaired) electrons. The van der Waals surface area contributed by atoms with E-state index in [4.69, 9.17) is 5.11 Å². The number of aliphatic hydroxyl groups excluding tert-OH is 1. The summed E-state index contributed by atoms with van der Waals surface area (Å²) in [5.74, 6) is 0.00692. The molecule has 5 nitrogen and oxygen atoms in total. The molecule has 5 heteroatoms. The summed E-state index contributed by atoms with van der Waals surface area (Å²) in [4.78, 5) is 24.8. The molecule has 0 aromatic carbocycles. The molecular formula is C12H22N2O3. The monoisotopic (exact) mass is 242 g/mol. The lowest BCUT2D eigenvalue weighted by Crippen LogP contribution is -2.45. The average molecular weight is 242 g/mol. The first-order valence-corrected chi connectivity index (χ1v) is 6.18. The van der Waals surface area contributed by atoms with Gasteiger partial charge in [0.1, 0.15) is 0 Å². The smallest absolute Gasteiger partial charge is 0.224 e. The molecule has 1 aliphatic heterocycles. The zero-order valence-corrected chi connectivity index (χ0v) is 10.6. The molecule has 0 aliphatic carbocycles. The number of carbonyl (C=O) groups excluding carboxylic acids is 2. The Balaban J connectivity index is 2.38. The van der Waals surface area contributed by atoms with Gasteiger partial charge in [0.2, 0.25) is 11.8 Å². The first-order chi connectivity index (χ1) is 8.04. The maximum atomic E-state index is 11.9. The van der Waals surface area contributed by atoms with E-state index in [2.05, 4.69) is 5.32 Å². The Morgan fingerprint density at radius 1 is 1.53 bits per heavy atom. The molecular weight excluding hydrogens is 220 g/mol. The van der Waals surface area contributed by atoms with Crippen molar-refractivity contribution in [3.05, 3.63) is 0 Å². The summed E-state index contributed by atoms with van der Waals surface area (Å²) in [6, 6.07) is 0. The topological polar surface area (TPSA) is 69.6 Å². The fraction of sp³-hybridized carbons (Fsp3) is 0.833. The number of nitrogens with zero attached hydrogens (tertiary/aromatic N) is 1. The van der Waals surface area contributed by atoms with Gasteiger partial charge in [-0.25, -0.2) is 0 Å². The van der Waals surface area contributed by atoms with Gasteiger partial charge in [-0.3, -0.25) is 9.59 Å². The highest BCUT2D eigenvalue weighted by Crippen LogP contribution is 2.16. The number of amides is 2. The predicted molar refractivity (Wildman–Crippen MR) is 64.2 cm³/mol. The van der Waals surface area contributed by atoms with Crippen LogP contribution in [0.4, 0.5) is 0 Å². The van der Waals surface area contributed by atoms with Crippen molar-refractivity contribution in [2.45, 2.75) is 26.7 Å². The van der Waals surface area contributed by atoms with Gasteiger partial charge in [0, 0.05) is 33.2 Å². The Hall–Kier alpha value is -1.10. The lowest BCUT2D eigenvalue weighted by Gasteiger charge is -2.31. The first-order valence-electron chi connectivity index (χ1n) is 6.18. The molecule has 0 aromatic heterocycles. The Morgan fingerprint density at radius 3 is 2.82 bits per heavy atom. The third kappa shape index (κ3) is 4.34. The molecule has 0 spiro atoms. The maximum Gasteiger partial charge on any atom is 0.224 e. The largest absolute Gasteiger partial charge is 0.396 e. The molecule has 1 aliphatic rings. The number of carbonyl (C=O) groups is 2. The van der Waals surface area contributed by atoms with E-state index in [1.807, 2.05) is 6.92 Å². The van der Waals surface area contributed by atoms with Crippen molar-refractivity contribution < 1.29 is 14.7 Å². The second kappa shape index (κ2) is 6.59. The van der Waals surface area contributed by atoms with Crippen LogP contribution in [0.25, 0.3) is 0 Å². The number of hydrogen-bond donors (Lipinski definition) is 2. The molecule has 0 saturated carbocycles. The number of aliphatic hydroxyl groups is 1. The van der Waals surface area contributed by atoms with Crippen LogP contribution in [0, 0.1) is 11.8 Å². The molecule has 0 aromatic rings. The third-order valence-corrected chi connectivity index (χ3v) is 3.17. The van der Waals surface area contributed by atoms with E-state index in [1.165, 1.54) is 6.92 Å². The number of nitrogens with one attached hydrogen (secondary N) is 1. The highest BCUT2D eigenvalue weighted by Gasteiger charge is 2.26. The van der Waals surface area contributed by atoms with Crippen LogP contribution in [0.5, 0.6) is 0 Å². The number of likely N-dealkylation sites (tertiary alicyclic amines) is 1.